The minimum Gasteiger partial charge on any atom is -0.376 e. The average Bonchev–Trinajstić information content (AvgIpc) is 2.48. The molecule has 0 saturated carbocycles. The van der Waals surface area contributed by atoms with Crippen molar-refractivity contribution in [3.63, 3.8) is 0 Å². The van der Waals surface area contributed by atoms with E-state index in [2.05, 4.69) is 37.7 Å². The van der Waals surface area contributed by atoms with Crippen LogP contribution < -0.4 is 0 Å². The normalized spacial score (nSPS) is 29.4. The summed E-state index contributed by atoms with van der Waals surface area (Å²) >= 11 is 0. The number of hydrogen-bond acceptors (Lipinski definition) is 3. The minimum atomic E-state index is 0.0633. The van der Waals surface area contributed by atoms with Gasteiger partial charge >= 0.3 is 0 Å². The van der Waals surface area contributed by atoms with Crippen LogP contribution in [0.25, 0.3) is 0 Å². The molecule has 1 rings (SSSR count). The minimum absolute atomic E-state index is 0.0633. The Labute approximate surface area is 88.0 Å². The predicted molar refractivity (Wildman–Crippen MR) is 59.6 cm³/mol. The molecule has 1 fully saturated rings. The van der Waals surface area contributed by atoms with Crippen LogP contribution in [0.15, 0.2) is 0 Å². The molecule has 3 heteroatoms. The summed E-state index contributed by atoms with van der Waals surface area (Å²) in [6, 6.07) is 0.591. The van der Waals surface area contributed by atoms with Gasteiger partial charge in [0.15, 0.2) is 0 Å². The lowest BCUT2D eigenvalue weighted by molar-refractivity contribution is -0.0273. The van der Waals surface area contributed by atoms with E-state index >= 15 is 0 Å². The van der Waals surface area contributed by atoms with Crippen LogP contribution in [0.5, 0.6) is 0 Å². The molecule has 1 saturated heterocycles. The molecule has 0 aromatic carbocycles. The maximum atomic E-state index is 5.71. The molecule has 0 bridgehead atoms. The highest BCUT2D eigenvalue weighted by atomic mass is 16.5. The number of rotatable bonds is 4. The van der Waals surface area contributed by atoms with Gasteiger partial charge in [0.1, 0.15) is 0 Å². The Balaban J connectivity index is 2.54. The number of likely N-dealkylation sites (tertiary alicyclic amines) is 1. The molecule has 1 aliphatic heterocycles. The largest absolute Gasteiger partial charge is 0.376 e. The Morgan fingerprint density at radius 1 is 1.50 bits per heavy atom. The Kier molecular flexibility index (Phi) is 3.93. The van der Waals surface area contributed by atoms with Gasteiger partial charge in [0.05, 0.1) is 5.60 Å². The third-order valence-electron chi connectivity index (χ3n) is 3.36. The van der Waals surface area contributed by atoms with Gasteiger partial charge in [-0.2, -0.15) is 0 Å². The maximum absolute atomic E-state index is 5.71. The lowest BCUT2D eigenvalue weighted by Crippen LogP contribution is -2.47. The highest BCUT2D eigenvalue weighted by Gasteiger charge is 2.37. The fraction of sp³-hybridized carbons (Fsp3) is 1.00. The van der Waals surface area contributed by atoms with Gasteiger partial charge in [-0.15, -0.1) is 0 Å². The molecule has 0 amide bonds. The molecule has 0 aromatic heterocycles. The zero-order valence-electron chi connectivity index (χ0n) is 10.2. The maximum Gasteiger partial charge on any atom is 0.0943 e. The van der Waals surface area contributed by atoms with Crippen LogP contribution in [0.2, 0.25) is 0 Å². The van der Waals surface area contributed by atoms with Crippen molar-refractivity contribution >= 4 is 0 Å². The number of nitrogens with zero attached hydrogens (tertiary/aromatic N) is 2. The molecular formula is C11H24N2O. The van der Waals surface area contributed by atoms with E-state index < -0.39 is 0 Å². The van der Waals surface area contributed by atoms with Crippen LogP contribution in [0.1, 0.15) is 20.3 Å². The van der Waals surface area contributed by atoms with Gasteiger partial charge in [0, 0.05) is 32.8 Å². The fourth-order valence-corrected chi connectivity index (χ4v) is 2.04. The van der Waals surface area contributed by atoms with Gasteiger partial charge in [-0.25, -0.2) is 0 Å². The summed E-state index contributed by atoms with van der Waals surface area (Å²) in [5, 5.41) is 0. The number of ether oxygens (including phenoxy) is 1. The Morgan fingerprint density at radius 3 is 2.50 bits per heavy atom. The van der Waals surface area contributed by atoms with Crippen molar-refractivity contribution in [2.75, 3.05) is 40.8 Å². The number of methoxy groups -OCH3 is 1. The van der Waals surface area contributed by atoms with E-state index in [1.165, 1.54) is 0 Å². The van der Waals surface area contributed by atoms with Gasteiger partial charge in [-0.05, 0) is 34.4 Å². The van der Waals surface area contributed by atoms with E-state index in [1.807, 2.05) is 7.11 Å². The smallest absolute Gasteiger partial charge is 0.0943 e. The molecule has 14 heavy (non-hydrogen) atoms. The zero-order valence-corrected chi connectivity index (χ0v) is 10.2. The highest BCUT2D eigenvalue weighted by molar-refractivity contribution is 4.93. The van der Waals surface area contributed by atoms with Crippen molar-refractivity contribution in [2.45, 2.75) is 31.9 Å². The van der Waals surface area contributed by atoms with Crippen LogP contribution in [0.3, 0.4) is 0 Å². The molecule has 0 aliphatic carbocycles. The summed E-state index contributed by atoms with van der Waals surface area (Å²) in [7, 11) is 6.17. The van der Waals surface area contributed by atoms with E-state index in [9.17, 15) is 0 Å². The van der Waals surface area contributed by atoms with E-state index in [4.69, 9.17) is 4.74 Å². The van der Waals surface area contributed by atoms with Crippen molar-refractivity contribution in [3.05, 3.63) is 0 Å². The Bertz CT molecular complexity index is 184. The van der Waals surface area contributed by atoms with E-state index in [1.54, 1.807) is 0 Å². The first-order valence-corrected chi connectivity index (χ1v) is 5.43. The van der Waals surface area contributed by atoms with Crippen molar-refractivity contribution in [1.29, 1.82) is 0 Å². The molecule has 1 aliphatic rings. The van der Waals surface area contributed by atoms with Gasteiger partial charge in [-0.3, -0.25) is 0 Å². The van der Waals surface area contributed by atoms with Crippen LogP contribution >= 0.6 is 0 Å². The molecular weight excluding hydrogens is 176 g/mol. The second-order valence-electron chi connectivity index (χ2n) is 4.88. The van der Waals surface area contributed by atoms with Crippen LogP contribution in [0, 0.1) is 0 Å². The number of hydrogen-bond donors (Lipinski definition) is 0. The summed E-state index contributed by atoms with van der Waals surface area (Å²) in [5.74, 6) is 0. The highest BCUT2D eigenvalue weighted by Crippen LogP contribution is 2.25. The molecule has 0 N–H and O–H groups in total. The third-order valence-corrected chi connectivity index (χ3v) is 3.36. The first-order chi connectivity index (χ1) is 6.49. The zero-order chi connectivity index (χ0) is 10.8. The molecule has 0 radical (unpaired) electrons. The van der Waals surface area contributed by atoms with E-state index in [0.717, 1.165) is 26.1 Å². The van der Waals surface area contributed by atoms with E-state index in [0.29, 0.717) is 6.04 Å². The Hall–Kier alpha value is -0.120. The van der Waals surface area contributed by atoms with Gasteiger partial charge in [0.2, 0.25) is 0 Å². The lowest BCUT2D eigenvalue weighted by atomic mass is 10.0. The standard InChI is InChI=1S/C11H24N2O/c1-10(2)13(4)9-11(14-5)6-7-12(3)8-11/h10H,6-9H2,1-5H3. The SMILES string of the molecule is COC1(CN(C)C(C)C)CCN(C)C1. The monoisotopic (exact) mass is 200 g/mol. The summed E-state index contributed by atoms with van der Waals surface area (Å²) in [6.45, 7) is 7.69. The quantitative estimate of drug-likeness (QED) is 0.674. The summed E-state index contributed by atoms with van der Waals surface area (Å²) in [6.07, 6.45) is 1.15. The van der Waals surface area contributed by atoms with Gasteiger partial charge in [-0.1, -0.05) is 0 Å². The topological polar surface area (TPSA) is 15.7 Å². The van der Waals surface area contributed by atoms with Crippen LogP contribution in [-0.4, -0.2) is 62.3 Å². The molecule has 1 atom stereocenters. The second kappa shape index (κ2) is 4.60. The number of likely N-dealkylation sites (N-methyl/N-ethyl adjacent to an activating group) is 2. The van der Waals surface area contributed by atoms with Crippen molar-refractivity contribution in [3.8, 4) is 0 Å². The lowest BCUT2D eigenvalue weighted by Gasteiger charge is -2.34. The van der Waals surface area contributed by atoms with Crippen molar-refractivity contribution < 1.29 is 4.74 Å². The summed E-state index contributed by atoms with van der Waals surface area (Å²) < 4.78 is 5.71. The van der Waals surface area contributed by atoms with Gasteiger partial charge < -0.3 is 14.5 Å². The molecule has 84 valence electrons. The second-order valence-corrected chi connectivity index (χ2v) is 4.88. The Morgan fingerprint density at radius 2 is 2.14 bits per heavy atom. The first-order valence-electron chi connectivity index (χ1n) is 5.43. The predicted octanol–water partition coefficient (Wildman–Crippen LogP) is 1.05. The van der Waals surface area contributed by atoms with Crippen molar-refractivity contribution in [2.24, 2.45) is 0 Å². The van der Waals surface area contributed by atoms with Crippen LogP contribution in [0.4, 0.5) is 0 Å². The van der Waals surface area contributed by atoms with E-state index in [-0.39, 0.29) is 5.60 Å². The summed E-state index contributed by atoms with van der Waals surface area (Å²) in [4.78, 5) is 4.71. The van der Waals surface area contributed by atoms with Crippen LogP contribution in [-0.2, 0) is 4.74 Å². The fourth-order valence-electron chi connectivity index (χ4n) is 2.04. The average molecular weight is 200 g/mol. The van der Waals surface area contributed by atoms with Gasteiger partial charge in [0.25, 0.3) is 0 Å². The molecule has 0 spiro atoms. The molecule has 3 nitrogen and oxygen atoms in total. The third kappa shape index (κ3) is 2.69. The first kappa shape index (κ1) is 12.0. The molecule has 1 unspecified atom stereocenters. The molecule has 1 heterocycles. The van der Waals surface area contributed by atoms with Crippen molar-refractivity contribution in [1.82, 2.24) is 9.80 Å². The summed E-state index contributed by atoms with van der Waals surface area (Å²) in [5.41, 5.74) is 0.0633. The molecule has 0 aromatic rings.